The fourth-order valence-electron chi connectivity index (χ4n) is 1.34. The van der Waals surface area contributed by atoms with Gasteiger partial charge in [-0.2, -0.15) is 5.10 Å². The van der Waals surface area contributed by atoms with Gasteiger partial charge in [-0.05, 0) is 18.2 Å². The number of nitrogens with two attached hydrogens (primary N) is 1. The SMILES string of the molecule is NCc1ncn(Cc2cc(Br)ccc2F)n1. The van der Waals surface area contributed by atoms with E-state index in [9.17, 15) is 4.39 Å². The van der Waals surface area contributed by atoms with Gasteiger partial charge in [0.25, 0.3) is 0 Å². The smallest absolute Gasteiger partial charge is 0.164 e. The van der Waals surface area contributed by atoms with Gasteiger partial charge >= 0.3 is 0 Å². The molecule has 0 aliphatic heterocycles. The van der Waals surface area contributed by atoms with Gasteiger partial charge in [-0.15, -0.1) is 0 Å². The standard InChI is InChI=1S/C10H10BrFN4/c11-8-1-2-9(12)7(3-8)5-16-6-14-10(4-13)15-16/h1-3,6H,4-5,13H2. The van der Waals surface area contributed by atoms with Crippen LogP contribution in [-0.4, -0.2) is 14.8 Å². The Morgan fingerprint density at radius 1 is 1.44 bits per heavy atom. The van der Waals surface area contributed by atoms with Crippen LogP contribution >= 0.6 is 15.9 Å². The minimum Gasteiger partial charge on any atom is -0.324 e. The van der Waals surface area contributed by atoms with Crippen molar-refractivity contribution < 1.29 is 4.39 Å². The van der Waals surface area contributed by atoms with Gasteiger partial charge in [0, 0.05) is 10.0 Å². The van der Waals surface area contributed by atoms with Gasteiger partial charge in [0.15, 0.2) is 5.82 Å². The van der Waals surface area contributed by atoms with Crippen molar-refractivity contribution in [3.05, 3.63) is 46.2 Å². The van der Waals surface area contributed by atoms with E-state index in [4.69, 9.17) is 5.73 Å². The van der Waals surface area contributed by atoms with Gasteiger partial charge in [0.2, 0.25) is 0 Å². The van der Waals surface area contributed by atoms with Crippen LogP contribution in [0.1, 0.15) is 11.4 Å². The van der Waals surface area contributed by atoms with E-state index in [1.807, 2.05) is 0 Å². The van der Waals surface area contributed by atoms with Gasteiger partial charge < -0.3 is 5.73 Å². The summed E-state index contributed by atoms with van der Waals surface area (Å²) in [4.78, 5) is 3.98. The molecule has 2 rings (SSSR count). The van der Waals surface area contributed by atoms with Crippen LogP contribution in [0.5, 0.6) is 0 Å². The second kappa shape index (κ2) is 4.71. The van der Waals surface area contributed by atoms with Crippen LogP contribution in [0.2, 0.25) is 0 Å². The molecule has 0 saturated carbocycles. The molecule has 1 aromatic heterocycles. The lowest BCUT2D eigenvalue weighted by Gasteiger charge is -2.03. The molecule has 0 atom stereocenters. The van der Waals surface area contributed by atoms with Crippen LogP contribution < -0.4 is 5.73 Å². The zero-order chi connectivity index (χ0) is 11.5. The molecule has 0 amide bonds. The quantitative estimate of drug-likeness (QED) is 0.933. The first-order valence-corrected chi connectivity index (χ1v) is 5.50. The molecule has 16 heavy (non-hydrogen) atoms. The van der Waals surface area contributed by atoms with Gasteiger partial charge in [-0.25, -0.2) is 14.1 Å². The molecular weight excluding hydrogens is 275 g/mol. The minimum atomic E-state index is -0.256. The number of aromatic nitrogens is 3. The fourth-order valence-corrected chi connectivity index (χ4v) is 1.75. The van der Waals surface area contributed by atoms with Crippen LogP contribution in [-0.2, 0) is 13.1 Å². The van der Waals surface area contributed by atoms with Gasteiger partial charge in [0.1, 0.15) is 12.1 Å². The molecule has 4 nitrogen and oxygen atoms in total. The van der Waals surface area contributed by atoms with E-state index in [0.29, 0.717) is 17.9 Å². The summed E-state index contributed by atoms with van der Waals surface area (Å²) in [7, 11) is 0. The monoisotopic (exact) mass is 284 g/mol. The average molecular weight is 285 g/mol. The van der Waals surface area contributed by atoms with Crippen LogP contribution in [0.3, 0.4) is 0 Å². The molecule has 84 valence electrons. The molecule has 2 aromatic rings. The maximum absolute atomic E-state index is 13.4. The molecule has 0 fully saturated rings. The highest BCUT2D eigenvalue weighted by molar-refractivity contribution is 9.10. The number of rotatable bonds is 3. The second-order valence-corrected chi connectivity index (χ2v) is 4.21. The average Bonchev–Trinajstić information content (AvgIpc) is 2.71. The molecule has 6 heteroatoms. The highest BCUT2D eigenvalue weighted by Gasteiger charge is 2.05. The Bertz CT molecular complexity index is 497. The van der Waals surface area contributed by atoms with Crippen LogP contribution in [0.4, 0.5) is 4.39 Å². The molecule has 0 aliphatic rings. The third-order valence-corrected chi connectivity index (χ3v) is 2.60. The summed E-state index contributed by atoms with van der Waals surface area (Å²) in [6, 6.07) is 4.80. The molecule has 2 N–H and O–H groups in total. The number of benzene rings is 1. The minimum absolute atomic E-state index is 0.256. The second-order valence-electron chi connectivity index (χ2n) is 3.30. The van der Waals surface area contributed by atoms with Gasteiger partial charge in [-0.3, -0.25) is 0 Å². The molecule has 0 unspecified atom stereocenters. The predicted molar refractivity (Wildman–Crippen MR) is 61.1 cm³/mol. The molecule has 0 aliphatic carbocycles. The van der Waals surface area contributed by atoms with Crippen molar-refractivity contribution in [3.8, 4) is 0 Å². The summed E-state index contributed by atoms with van der Waals surface area (Å²) in [5, 5.41) is 4.09. The Labute approximate surface area is 100 Å². The summed E-state index contributed by atoms with van der Waals surface area (Å²) >= 11 is 3.30. The van der Waals surface area contributed by atoms with Crippen molar-refractivity contribution in [1.82, 2.24) is 14.8 Å². The number of hydrogen-bond acceptors (Lipinski definition) is 3. The van der Waals surface area contributed by atoms with Crippen molar-refractivity contribution in [2.45, 2.75) is 13.1 Å². The van der Waals surface area contributed by atoms with Crippen molar-refractivity contribution in [3.63, 3.8) is 0 Å². The Morgan fingerprint density at radius 2 is 2.25 bits per heavy atom. The lowest BCUT2D eigenvalue weighted by Crippen LogP contribution is -2.05. The van der Waals surface area contributed by atoms with Gasteiger partial charge in [0.05, 0.1) is 13.1 Å². The highest BCUT2D eigenvalue weighted by atomic mass is 79.9. The van der Waals surface area contributed by atoms with E-state index in [1.165, 1.54) is 6.07 Å². The molecular formula is C10H10BrFN4. The van der Waals surface area contributed by atoms with E-state index in [0.717, 1.165) is 4.47 Å². The Morgan fingerprint density at radius 3 is 2.94 bits per heavy atom. The Kier molecular flexibility index (Phi) is 3.31. The largest absolute Gasteiger partial charge is 0.324 e. The summed E-state index contributed by atoms with van der Waals surface area (Å²) in [6.07, 6.45) is 1.54. The number of nitrogens with zero attached hydrogens (tertiary/aromatic N) is 3. The van der Waals surface area contributed by atoms with Crippen molar-refractivity contribution in [1.29, 1.82) is 0 Å². The van der Waals surface area contributed by atoms with E-state index in [-0.39, 0.29) is 12.4 Å². The lowest BCUT2D eigenvalue weighted by molar-refractivity contribution is 0.582. The third kappa shape index (κ3) is 2.45. The summed E-state index contributed by atoms with van der Waals surface area (Å²) in [5.41, 5.74) is 5.95. The van der Waals surface area contributed by atoms with Crippen LogP contribution in [0.15, 0.2) is 29.0 Å². The first-order chi connectivity index (χ1) is 7.69. The Hall–Kier alpha value is -1.27. The molecule has 1 heterocycles. The lowest BCUT2D eigenvalue weighted by atomic mass is 10.2. The summed E-state index contributed by atoms with van der Waals surface area (Å²) in [6.45, 7) is 0.631. The molecule has 0 radical (unpaired) electrons. The zero-order valence-electron chi connectivity index (χ0n) is 8.40. The normalized spacial score (nSPS) is 10.7. The zero-order valence-corrected chi connectivity index (χ0v) is 9.98. The Balaban J connectivity index is 2.22. The van der Waals surface area contributed by atoms with Gasteiger partial charge in [-0.1, -0.05) is 15.9 Å². The summed E-state index contributed by atoms with van der Waals surface area (Å²) in [5.74, 6) is 0.295. The van der Waals surface area contributed by atoms with E-state index >= 15 is 0 Å². The predicted octanol–water partition coefficient (Wildman–Crippen LogP) is 1.69. The topological polar surface area (TPSA) is 56.7 Å². The molecule has 0 saturated heterocycles. The van der Waals surface area contributed by atoms with E-state index in [2.05, 4.69) is 26.0 Å². The van der Waals surface area contributed by atoms with E-state index < -0.39 is 0 Å². The molecule has 0 bridgehead atoms. The van der Waals surface area contributed by atoms with Crippen molar-refractivity contribution in [2.24, 2.45) is 5.73 Å². The van der Waals surface area contributed by atoms with Crippen LogP contribution in [0.25, 0.3) is 0 Å². The fraction of sp³-hybridized carbons (Fsp3) is 0.200. The summed E-state index contributed by atoms with van der Waals surface area (Å²) < 4.78 is 15.8. The first-order valence-electron chi connectivity index (χ1n) is 4.71. The highest BCUT2D eigenvalue weighted by Crippen LogP contribution is 2.16. The number of halogens is 2. The maximum atomic E-state index is 13.4. The molecule has 0 spiro atoms. The first kappa shape index (κ1) is 11.2. The molecule has 1 aromatic carbocycles. The van der Waals surface area contributed by atoms with Crippen molar-refractivity contribution in [2.75, 3.05) is 0 Å². The number of hydrogen-bond donors (Lipinski definition) is 1. The van der Waals surface area contributed by atoms with Crippen LogP contribution in [0, 0.1) is 5.82 Å². The van der Waals surface area contributed by atoms with Crippen molar-refractivity contribution >= 4 is 15.9 Å². The third-order valence-electron chi connectivity index (χ3n) is 2.11. The maximum Gasteiger partial charge on any atom is 0.164 e. The van der Waals surface area contributed by atoms with E-state index in [1.54, 1.807) is 23.1 Å².